The second-order valence-corrected chi connectivity index (χ2v) is 7.30. The Morgan fingerprint density at radius 2 is 2.00 bits per heavy atom. The number of methoxy groups -OCH3 is 1. The maximum atomic E-state index is 12.6. The number of carbonyl (C=O) groups excluding carboxylic acids is 1. The second kappa shape index (κ2) is 6.76. The summed E-state index contributed by atoms with van der Waals surface area (Å²) in [4.78, 5) is 13.3. The van der Waals surface area contributed by atoms with Crippen LogP contribution in [-0.4, -0.2) is 52.6 Å². The molecule has 0 saturated carbocycles. The molecule has 1 aliphatic rings. The van der Waals surface area contributed by atoms with Crippen LogP contribution >= 0.6 is 0 Å². The van der Waals surface area contributed by atoms with E-state index in [-0.39, 0.29) is 17.5 Å². The predicted octanol–water partition coefficient (Wildman–Crippen LogP) is 0.924. The minimum Gasteiger partial charge on any atom is -0.496 e. The van der Waals surface area contributed by atoms with Crippen molar-refractivity contribution < 1.29 is 17.9 Å². The summed E-state index contributed by atoms with van der Waals surface area (Å²) in [6.45, 7) is 7.08. The zero-order valence-electron chi connectivity index (χ0n) is 13.9. The van der Waals surface area contributed by atoms with Crippen LogP contribution in [0.2, 0.25) is 0 Å². The van der Waals surface area contributed by atoms with Gasteiger partial charge in [0.1, 0.15) is 5.75 Å². The molecule has 23 heavy (non-hydrogen) atoms. The van der Waals surface area contributed by atoms with Gasteiger partial charge in [-0.1, -0.05) is 0 Å². The summed E-state index contributed by atoms with van der Waals surface area (Å²) >= 11 is 0. The molecule has 2 N–H and O–H groups in total. The molecular weight excluding hydrogens is 318 g/mol. The Morgan fingerprint density at radius 1 is 1.30 bits per heavy atom. The maximum Gasteiger partial charge on any atom is 0.317 e. The van der Waals surface area contributed by atoms with E-state index in [1.807, 2.05) is 6.92 Å². The van der Waals surface area contributed by atoms with Crippen molar-refractivity contribution >= 4 is 16.1 Å². The number of nitrogens with zero attached hydrogens (tertiary/aromatic N) is 1. The molecular formula is C15H23N3O4S. The van der Waals surface area contributed by atoms with E-state index in [9.17, 15) is 13.2 Å². The highest BCUT2D eigenvalue weighted by atomic mass is 32.2. The van der Waals surface area contributed by atoms with Gasteiger partial charge in [-0.2, -0.15) is 0 Å². The summed E-state index contributed by atoms with van der Waals surface area (Å²) < 4.78 is 33.1. The van der Waals surface area contributed by atoms with Crippen LogP contribution in [0, 0.1) is 20.8 Å². The van der Waals surface area contributed by atoms with E-state index in [1.165, 1.54) is 0 Å². The van der Waals surface area contributed by atoms with Gasteiger partial charge in [0.05, 0.1) is 12.0 Å². The van der Waals surface area contributed by atoms with Crippen molar-refractivity contribution in [3.05, 3.63) is 22.8 Å². The van der Waals surface area contributed by atoms with Gasteiger partial charge in [-0.15, -0.1) is 0 Å². The largest absolute Gasteiger partial charge is 0.496 e. The highest BCUT2D eigenvalue weighted by molar-refractivity contribution is 7.89. The molecule has 8 heteroatoms. The number of hydrogen-bond acceptors (Lipinski definition) is 4. The molecule has 128 valence electrons. The third-order valence-corrected chi connectivity index (χ3v) is 5.84. The Morgan fingerprint density at radius 3 is 2.57 bits per heavy atom. The van der Waals surface area contributed by atoms with E-state index in [2.05, 4.69) is 10.0 Å². The van der Waals surface area contributed by atoms with Crippen LogP contribution in [0.5, 0.6) is 5.75 Å². The molecule has 0 aliphatic carbocycles. The number of amides is 2. The lowest BCUT2D eigenvalue weighted by atomic mass is 10.1. The first-order valence-corrected chi connectivity index (χ1v) is 8.93. The molecule has 1 aliphatic heterocycles. The van der Waals surface area contributed by atoms with Crippen LogP contribution in [0.3, 0.4) is 0 Å². The SMILES string of the molecule is COc1cc(C)c(S(=O)(=O)NCCN2CCNC2=O)c(C)c1C. The number of sulfonamides is 1. The summed E-state index contributed by atoms with van der Waals surface area (Å²) in [7, 11) is -2.08. The molecule has 1 aromatic carbocycles. The van der Waals surface area contributed by atoms with Crippen LogP contribution in [-0.2, 0) is 10.0 Å². The van der Waals surface area contributed by atoms with Gasteiger partial charge >= 0.3 is 6.03 Å². The van der Waals surface area contributed by atoms with E-state index >= 15 is 0 Å². The monoisotopic (exact) mass is 341 g/mol. The lowest BCUT2D eigenvalue weighted by molar-refractivity contribution is 0.218. The molecule has 1 aromatic rings. The fraction of sp³-hybridized carbons (Fsp3) is 0.533. The van der Waals surface area contributed by atoms with Gasteiger partial charge in [0.2, 0.25) is 10.0 Å². The fourth-order valence-corrected chi connectivity index (χ4v) is 4.30. The third-order valence-electron chi connectivity index (χ3n) is 4.09. The molecule has 0 atom stereocenters. The lowest BCUT2D eigenvalue weighted by Crippen LogP contribution is -2.37. The number of aryl methyl sites for hydroxylation is 1. The first-order valence-electron chi connectivity index (χ1n) is 7.45. The molecule has 1 heterocycles. The Kier molecular flexibility index (Phi) is 5.16. The van der Waals surface area contributed by atoms with E-state index in [0.717, 1.165) is 5.56 Å². The molecule has 0 radical (unpaired) electrons. The van der Waals surface area contributed by atoms with Gasteiger partial charge in [0, 0.05) is 26.2 Å². The Bertz CT molecular complexity index is 716. The molecule has 0 unspecified atom stereocenters. The van der Waals surface area contributed by atoms with Crippen molar-refractivity contribution in [1.29, 1.82) is 0 Å². The van der Waals surface area contributed by atoms with Gasteiger partial charge in [-0.05, 0) is 43.5 Å². The van der Waals surface area contributed by atoms with Crippen LogP contribution in [0.1, 0.15) is 16.7 Å². The zero-order valence-corrected chi connectivity index (χ0v) is 14.7. The van der Waals surface area contributed by atoms with Crippen molar-refractivity contribution in [2.75, 3.05) is 33.3 Å². The first kappa shape index (κ1) is 17.6. The quantitative estimate of drug-likeness (QED) is 0.805. The Hall–Kier alpha value is -1.80. The minimum atomic E-state index is -3.64. The minimum absolute atomic E-state index is 0.156. The average molecular weight is 341 g/mol. The Balaban J connectivity index is 2.16. The number of rotatable bonds is 6. The number of nitrogens with one attached hydrogen (secondary N) is 2. The van der Waals surface area contributed by atoms with E-state index < -0.39 is 10.0 Å². The van der Waals surface area contributed by atoms with Gasteiger partial charge in [-0.3, -0.25) is 0 Å². The molecule has 0 bridgehead atoms. The standard InChI is InChI=1S/C15H23N3O4S/c1-10-9-13(22-4)11(2)12(3)14(10)23(20,21)17-6-8-18-7-5-16-15(18)19/h9,17H,5-8H2,1-4H3,(H,16,19). The van der Waals surface area contributed by atoms with Gasteiger partial charge in [0.15, 0.2) is 0 Å². The summed E-state index contributed by atoms with van der Waals surface area (Å²) in [6.07, 6.45) is 0. The van der Waals surface area contributed by atoms with E-state index in [1.54, 1.807) is 31.9 Å². The van der Waals surface area contributed by atoms with Crippen molar-refractivity contribution in [2.24, 2.45) is 0 Å². The topological polar surface area (TPSA) is 87.7 Å². The molecule has 1 saturated heterocycles. The number of carbonyl (C=O) groups is 1. The van der Waals surface area contributed by atoms with Crippen LogP contribution < -0.4 is 14.8 Å². The summed E-state index contributed by atoms with van der Waals surface area (Å²) in [6, 6.07) is 1.57. The summed E-state index contributed by atoms with van der Waals surface area (Å²) in [5.74, 6) is 0.674. The Labute approximate surface area is 137 Å². The highest BCUT2D eigenvalue weighted by Gasteiger charge is 2.24. The molecule has 1 fully saturated rings. The van der Waals surface area contributed by atoms with Crippen molar-refractivity contribution in [1.82, 2.24) is 14.9 Å². The molecule has 0 aromatic heterocycles. The van der Waals surface area contributed by atoms with Crippen molar-refractivity contribution in [3.63, 3.8) is 0 Å². The summed E-state index contributed by atoms with van der Waals surface area (Å²) in [5.41, 5.74) is 2.11. The fourth-order valence-electron chi connectivity index (χ4n) is 2.76. The van der Waals surface area contributed by atoms with Crippen LogP contribution in [0.15, 0.2) is 11.0 Å². The third kappa shape index (κ3) is 3.59. The molecule has 2 rings (SSSR count). The maximum absolute atomic E-state index is 12.6. The van der Waals surface area contributed by atoms with Crippen LogP contribution in [0.4, 0.5) is 4.79 Å². The van der Waals surface area contributed by atoms with E-state index in [0.29, 0.717) is 36.5 Å². The predicted molar refractivity (Wildman–Crippen MR) is 87.4 cm³/mol. The van der Waals surface area contributed by atoms with Gasteiger partial charge < -0.3 is 15.0 Å². The smallest absolute Gasteiger partial charge is 0.317 e. The molecule has 2 amide bonds. The summed E-state index contributed by atoms with van der Waals surface area (Å²) in [5, 5.41) is 2.68. The van der Waals surface area contributed by atoms with Crippen molar-refractivity contribution in [2.45, 2.75) is 25.7 Å². The zero-order chi connectivity index (χ0) is 17.2. The lowest BCUT2D eigenvalue weighted by Gasteiger charge is -2.18. The first-order chi connectivity index (χ1) is 10.8. The average Bonchev–Trinajstić information content (AvgIpc) is 2.88. The molecule has 0 spiro atoms. The normalized spacial score (nSPS) is 15.0. The highest BCUT2D eigenvalue weighted by Crippen LogP contribution is 2.30. The number of urea groups is 1. The van der Waals surface area contributed by atoms with Crippen LogP contribution in [0.25, 0.3) is 0 Å². The van der Waals surface area contributed by atoms with Crippen molar-refractivity contribution in [3.8, 4) is 5.75 Å². The van der Waals surface area contributed by atoms with E-state index in [4.69, 9.17) is 4.74 Å². The van der Waals surface area contributed by atoms with Gasteiger partial charge in [-0.25, -0.2) is 17.9 Å². The second-order valence-electron chi connectivity index (χ2n) is 5.59. The molecule has 7 nitrogen and oxygen atoms in total. The van der Waals surface area contributed by atoms with Gasteiger partial charge in [0.25, 0.3) is 0 Å². The number of benzene rings is 1. The number of hydrogen-bond donors (Lipinski definition) is 2. The number of ether oxygens (including phenoxy) is 1.